The van der Waals surface area contributed by atoms with E-state index >= 15 is 0 Å². The topological polar surface area (TPSA) is 0 Å². The van der Waals surface area contributed by atoms with Gasteiger partial charge in [0.15, 0.2) is 0 Å². The Morgan fingerprint density at radius 2 is 1.87 bits per heavy atom. The largest absolute Gasteiger partial charge is 0.0625 e. The Bertz CT molecular complexity index is 329. The molecule has 0 amide bonds. The van der Waals surface area contributed by atoms with Crippen molar-refractivity contribution in [3.8, 4) is 0 Å². The second kappa shape index (κ2) is 2.17. The molecular formula is C15H24. The smallest absolute Gasteiger partial charge is 0.0204 e. The van der Waals surface area contributed by atoms with E-state index in [2.05, 4.69) is 27.7 Å². The molecule has 0 aromatic rings. The van der Waals surface area contributed by atoms with E-state index in [1.54, 1.807) is 12.8 Å². The van der Waals surface area contributed by atoms with Crippen molar-refractivity contribution in [2.75, 3.05) is 0 Å². The van der Waals surface area contributed by atoms with Crippen molar-refractivity contribution in [3.63, 3.8) is 0 Å². The van der Waals surface area contributed by atoms with Gasteiger partial charge in [-0.2, -0.15) is 0 Å². The third kappa shape index (κ3) is 0.666. The van der Waals surface area contributed by atoms with Gasteiger partial charge in [-0.15, -0.1) is 0 Å². The van der Waals surface area contributed by atoms with Gasteiger partial charge in [-0.25, -0.2) is 0 Å². The highest BCUT2D eigenvalue weighted by atomic mass is 14.9. The van der Waals surface area contributed by atoms with Crippen LogP contribution in [0.15, 0.2) is 0 Å². The molecule has 0 nitrogen and oxygen atoms in total. The third-order valence-electron chi connectivity index (χ3n) is 7.57. The van der Waals surface area contributed by atoms with Crippen LogP contribution in [-0.4, -0.2) is 0 Å². The first-order valence-electron chi connectivity index (χ1n) is 7.02. The van der Waals surface area contributed by atoms with E-state index in [4.69, 9.17) is 0 Å². The molecule has 0 aliphatic heterocycles. The highest BCUT2D eigenvalue weighted by molar-refractivity contribution is 5.33. The molecule has 5 aliphatic rings. The Hall–Kier alpha value is 0. The molecule has 7 atom stereocenters. The Morgan fingerprint density at radius 3 is 2.47 bits per heavy atom. The fourth-order valence-electron chi connectivity index (χ4n) is 6.72. The average Bonchev–Trinajstić information content (AvgIpc) is 2.49. The number of rotatable bonds is 1. The zero-order valence-corrected chi connectivity index (χ0v) is 10.6. The quantitative estimate of drug-likeness (QED) is 0.606. The minimum absolute atomic E-state index is 0.762. The van der Waals surface area contributed by atoms with Crippen LogP contribution >= 0.6 is 0 Å². The lowest BCUT2D eigenvalue weighted by Crippen LogP contribution is -2.37. The summed E-state index contributed by atoms with van der Waals surface area (Å²) in [7, 11) is 0. The zero-order valence-electron chi connectivity index (χ0n) is 10.6. The van der Waals surface area contributed by atoms with Gasteiger partial charge in [0.05, 0.1) is 0 Å². The van der Waals surface area contributed by atoms with Crippen LogP contribution in [-0.2, 0) is 0 Å². The fraction of sp³-hybridized carbons (Fsp3) is 1.00. The summed E-state index contributed by atoms with van der Waals surface area (Å²) in [6.07, 6.45) is 4.68. The van der Waals surface area contributed by atoms with E-state index in [0.717, 1.165) is 46.3 Å². The molecule has 0 heterocycles. The van der Waals surface area contributed by atoms with Gasteiger partial charge in [0.2, 0.25) is 0 Å². The van der Waals surface area contributed by atoms with E-state index < -0.39 is 0 Å². The molecule has 0 radical (unpaired) electrons. The predicted molar refractivity (Wildman–Crippen MR) is 62.4 cm³/mol. The van der Waals surface area contributed by atoms with Gasteiger partial charge in [-0.05, 0) is 65.6 Å². The summed E-state index contributed by atoms with van der Waals surface area (Å²) in [5, 5.41) is 0. The van der Waals surface area contributed by atoms with Crippen LogP contribution < -0.4 is 0 Å². The van der Waals surface area contributed by atoms with E-state index in [1.807, 2.05) is 0 Å². The fourth-order valence-corrected chi connectivity index (χ4v) is 6.72. The maximum absolute atomic E-state index is 2.63. The summed E-state index contributed by atoms with van der Waals surface area (Å²) in [5.74, 6) is 6.57. The van der Waals surface area contributed by atoms with Gasteiger partial charge in [-0.3, -0.25) is 0 Å². The molecule has 6 bridgehead atoms. The Kier molecular flexibility index (Phi) is 1.31. The van der Waals surface area contributed by atoms with Crippen molar-refractivity contribution in [2.24, 2.45) is 46.3 Å². The Morgan fingerprint density at radius 1 is 1.13 bits per heavy atom. The third-order valence-corrected chi connectivity index (χ3v) is 7.57. The van der Waals surface area contributed by atoms with Gasteiger partial charge < -0.3 is 0 Å². The first-order chi connectivity index (χ1) is 7.02. The molecule has 0 spiro atoms. The van der Waals surface area contributed by atoms with Gasteiger partial charge >= 0.3 is 0 Å². The SMILES string of the molecule is CC(C)[C@@H]1CC[C@]2(C)[C@@H]3C[C@H]4[C@@H]([C@@H]31)[C@]42C. The first kappa shape index (κ1) is 9.07. The molecule has 84 valence electrons. The van der Waals surface area contributed by atoms with Crippen LogP contribution in [0.3, 0.4) is 0 Å². The molecule has 5 saturated carbocycles. The van der Waals surface area contributed by atoms with Crippen LogP contribution in [0, 0.1) is 46.3 Å². The summed E-state index contributed by atoms with van der Waals surface area (Å²) in [4.78, 5) is 0. The molecule has 0 aromatic carbocycles. The highest BCUT2D eigenvalue weighted by Gasteiger charge is 2.86. The average molecular weight is 204 g/mol. The van der Waals surface area contributed by atoms with Crippen molar-refractivity contribution in [3.05, 3.63) is 0 Å². The van der Waals surface area contributed by atoms with Crippen LogP contribution in [0.25, 0.3) is 0 Å². The second-order valence-electron chi connectivity index (χ2n) is 7.70. The van der Waals surface area contributed by atoms with Crippen LogP contribution in [0.5, 0.6) is 0 Å². The van der Waals surface area contributed by atoms with E-state index in [1.165, 1.54) is 6.42 Å². The standard InChI is InChI=1S/C15H24/c1-8(2)9-5-6-14(3)10-7-11-13(12(9)10)15(11,14)4/h8-13H,5-7H2,1-4H3/t9-,10+,11-,12+,13-,14+,15-/m0/s1. The van der Waals surface area contributed by atoms with Gasteiger partial charge in [-0.1, -0.05) is 27.7 Å². The lowest BCUT2D eigenvalue weighted by Gasteiger charge is -2.44. The van der Waals surface area contributed by atoms with Crippen molar-refractivity contribution in [1.82, 2.24) is 0 Å². The van der Waals surface area contributed by atoms with Crippen LogP contribution in [0.4, 0.5) is 0 Å². The van der Waals surface area contributed by atoms with E-state index in [-0.39, 0.29) is 0 Å². The molecule has 0 N–H and O–H groups in total. The van der Waals surface area contributed by atoms with Gasteiger partial charge in [0, 0.05) is 0 Å². The maximum Gasteiger partial charge on any atom is -0.0204 e. The van der Waals surface area contributed by atoms with Crippen molar-refractivity contribution in [2.45, 2.75) is 47.0 Å². The summed E-state index contributed by atoms with van der Waals surface area (Å²) in [6, 6.07) is 0. The predicted octanol–water partition coefficient (Wildman–Crippen LogP) is 3.96. The van der Waals surface area contributed by atoms with E-state index in [0.29, 0.717) is 0 Å². The first-order valence-corrected chi connectivity index (χ1v) is 7.02. The molecule has 0 saturated heterocycles. The van der Waals surface area contributed by atoms with Crippen LogP contribution in [0.1, 0.15) is 47.0 Å². The molecule has 0 unspecified atom stereocenters. The van der Waals surface area contributed by atoms with Gasteiger partial charge in [0.25, 0.3) is 0 Å². The molecule has 5 rings (SSSR count). The maximum atomic E-state index is 2.63. The number of hydrogen-bond donors (Lipinski definition) is 0. The van der Waals surface area contributed by atoms with Crippen molar-refractivity contribution >= 4 is 0 Å². The number of hydrogen-bond acceptors (Lipinski definition) is 0. The monoisotopic (exact) mass is 204 g/mol. The zero-order chi connectivity index (χ0) is 10.6. The molecule has 0 heteroatoms. The Balaban J connectivity index is 1.80. The molecule has 15 heavy (non-hydrogen) atoms. The summed E-state index contributed by atoms with van der Waals surface area (Å²) in [6.45, 7) is 10.2. The van der Waals surface area contributed by atoms with Gasteiger partial charge in [0.1, 0.15) is 0 Å². The molecule has 5 aliphatic carbocycles. The summed E-state index contributed by atoms with van der Waals surface area (Å²) < 4.78 is 0. The Labute approximate surface area is 93.8 Å². The van der Waals surface area contributed by atoms with E-state index in [9.17, 15) is 0 Å². The van der Waals surface area contributed by atoms with Crippen LogP contribution in [0.2, 0.25) is 0 Å². The minimum Gasteiger partial charge on any atom is -0.0625 e. The lowest BCUT2D eigenvalue weighted by molar-refractivity contribution is 0.0483. The molecular weight excluding hydrogens is 180 g/mol. The highest BCUT2D eigenvalue weighted by Crippen LogP contribution is 2.91. The normalized spacial score (nSPS) is 69.0. The second-order valence-corrected chi connectivity index (χ2v) is 7.70. The molecule has 5 fully saturated rings. The molecule has 0 aromatic heterocycles. The summed E-state index contributed by atoms with van der Waals surface area (Å²) >= 11 is 0. The lowest BCUT2D eigenvalue weighted by atomic mass is 9.61. The van der Waals surface area contributed by atoms with Crippen molar-refractivity contribution in [1.29, 1.82) is 0 Å². The minimum atomic E-state index is 0.762. The van der Waals surface area contributed by atoms with Crippen molar-refractivity contribution < 1.29 is 0 Å². The summed E-state index contributed by atoms with van der Waals surface area (Å²) in [5.41, 5.74) is 1.56.